The molecular weight excluding hydrogens is 226 g/mol. The molecule has 3 heteroatoms. The Bertz CT molecular complexity index is 386. The maximum Gasteiger partial charge on any atom is 0.161 e. The van der Waals surface area contributed by atoms with Crippen LogP contribution in [0.3, 0.4) is 0 Å². The Morgan fingerprint density at radius 2 is 1.72 bits per heavy atom. The van der Waals surface area contributed by atoms with Gasteiger partial charge in [-0.3, -0.25) is 4.90 Å². The third-order valence-corrected chi connectivity index (χ3v) is 3.68. The van der Waals surface area contributed by atoms with Crippen molar-refractivity contribution < 1.29 is 9.47 Å². The number of rotatable bonds is 4. The van der Waals surface area contributed by atoms with Crippen molar-refractivity contribution in [1.82, 2.24) is 4.90 Å². The molecular formula is C15H22NO2. The predicted octanol–water partition coefficient (Wildman–Crippen LogP) is 3.06. The molecule has 1 heterocycles. The monoisotopic (exact) mass is 248 g/mol. The van der Waals surface area contributed by atoms with Crippen LogP contribution in [0.1, 0.15) is 31.4 Å². The van der Waals surface area contributed by atoms with Gasteiger partial charge >= 0.3 is 0 Å². The summed E-state index contributed by atoms with van der Waals surface area (Å²) in [7, 11) is 3.35. The highest BCUT2D eigenvalue weighted by atomic mass is 16.5. The van der Waals surface area contributed by atoms with Crippen LogP contribution < -0.4 is 9.47 Å². The Labute approximate surface area is 110 Å². The van der Waals surface area contributed by atoms with Crippen molar-refractivity contribution in [3.63, 3.8) is 0 Å². The lowest BCUT2D eigenvalue weighted by Gasteiger charge is -2.32. The van der Waals surface area contributed by atoms with Gasteiger partial charge in [0.15, 0.2) is 11.5 Å². The van der Waals surface area contributed by atoms with Crippen molar-refractivity contribution in [2.75, 3.05) is 27.3 Å². The normalized spacial score (nSPS) is 18.4. The first kappa shape index (κ1) is 13.2. The molecule has 1 atom stereocenters. The first-order valence-electron chi connectivity index (χ1n) is 6.54. The fourth-order valence-corrected chi connectivity index (χ4v) is 2.48. The van der Waals surface area contributed by atoms with E-state index in [1.807, 2.05) is 6.07 Å². The van der Waals surface area contributed by atoms with Crippen molar-refractivity contribution in [2.45, 2.75) is 25.8 Å². The van der Waals surface area contributed by atoms with E-state index in [0.29, 0.717) is 6.04 Å². The molecule has 0 saturated carbocycles. The number of likely N-dealkylation sites (tertiary alicyclic amines) is 1. The second kappa shape index (κ2) is 6.10. The van der Waals surface area contributed by atoms with E-state index in [9.17, 15) is 0 Å². The second-order valence-electron chi connectivity index (χ2n) is 4.69. The van der Waals surface area contributed by atoms with Crippen molar-refractivity contribution in [1.29, 1.82) is 0 Å². The van der Waals surface area contributed by atoms with Crippen LogP contribution in [0.2, 0.25) is 0 Å². The third kappa shape index (κ3) is 2.78. The lowest BCUT2D eigenvalue weighted by molar-refractivity contribution is 0.194. The number of ether oxygens (including phenoxy) is 2. The molecule has 0 amide bonds. The lowest BCUT2D eigenvalue weighted by atomic mass is 10.0. The smallest absolute Gasteiger partial charge is 0.161 e. The lowest BCUT2D eigenvalue weighted by Crippen LogP contribution is -2.32. The molecule has 1 fully saturated rings. The van der Waals surface area contributed by atoms with Crippen LogP contribution in [0.5, 0.6) is 11.5 Å². The number of hydrogen-bond acceptors (Lipinski definition) is 3. The van der Waals surface area contributed by atoms with Gasteiger partial charge < -0.3 is 9.47 Å². The number of nitrogens with zero attached hydrogens (tertiary/aromatic N) is 1. The molecule has 3 nitrogen and oxygen atoms in total. The summed E-state index contributed by atoms with van der Waals surface area (Å²) >= 11 is 0. The van der Waals surface area contributed by atoms with E-state index >= 15 is 0 Å². The molecule has 18 heavy (non-hydrogen) atoms. The number of piperidine rings is 1. The Kier molecular flexibility index (Phi) is 4.48. The van der Waals surface area contributed by atoms with Gasteiger partial charge in [0.05, 0.1) is 14.2 Å². The molecule has 0 aliphatic carbocycles. The van der Waals surface area contributed by atoms with Crippen molar-refractivity contribution in [3.05, 3.63) is 30.2 Å². The van der Waals surface area contributed by atoms with E-state index in [1.165, 1.54) is 18.4 Å². The summed E-state index contributed by atoms with van der Waals surface area (Å²) in [5.74, 6) is 1.60. The first-order valence-corrected chi connectivity index (χ1v) is 6.54. The average molecular weight is 248 g/mol. The maximum atomic E-state index is 5.36. The van der Waals surface area contributed by atoms with Gasteiger partial charge in [-0.1, -0.05) is 6.07 Å². The van der Waals surface area contributed by atoms with Crippen LogP contribution in [0.4, 0.5) is 0 Å². The highest BCUT2D eigenvalue weighted by molar-refractivity contribution is 5.43. The van der Waals surface area contributed by atoms with Gasteiger partial charge in [0.2, 0.25) is 0 Å². The molecule has 1 radical (unpaired) electrons. The molecule has 2 rings (SSSR count). The standard InChI is InChI=1S/C15H22NO2/c1-12(16-9-5-4-6-10-16)13-7-8-14(17-2)15(11-13)18-3/h4,7-8,11-12H,5-6,9-10H2,1-3H3. The molecule has 1 aromatic rings. The Balaban J connectivity index is 2.16. The Morgan fingerprint density at radius 1 is 1.06 bits per heavy atom. The molecule has 1 aromatic carbocycles. The summed E-state index contributed by atoms with van der Waals surface area (Å²) in [5.41, 5.74) is 1.29. The minimum absolute atomic E-state index is 0.429. The zero-order valence-corrected chi connectivity index (χ0v) is 11.5. The van der Waals surface area contributed by atoms with Gasteiger partial charge in [-0.05, 0) is 57.0 Å². The largest absolute Gasteiger partial charge is 0.493 e. The summed E-state index contributed by atoms with van der Waals surface area (Å²) < 4.78 is 10.6. The molecule has 0 aromatic heterocycles. The highest BCUT2D eigenvalue weighted by Crippen LogP contribution is 2.32. The first-order chi connectivity index (χ1) is 8.76. The minimum atomic E-state index is 0.429. The van der Waals surface area contributed by atoms with Gasteiger partial charge in [0.25, 0.3) is 0 Å². The summed E-state index contributed by atoms with van der Waals surface area (Å²) in [6, 6.07) is 6.63. The molecule has 1 aliphatic heterocycles. The second-order valence-corrected chi connectivity index (χ2v) is 4.69. The average Bonchev–Trinajstić information content (AvgIpc) is 2.46. The summed E-state index contributed by atoms with van der Waals surface area (Å²) in [5, 5.41) is 0. The van der Waals surface area contributed by atoms with Gasteiger partial charge in [0, 0.05) is 6.04 Å². The minimum Gasteiger partial charge on any atom is -0.493 e. The highest BCUT2D eigenvalue weighted by Gasteiger charge is 2.19. The molecule has 99 valence electrons. The number of methoxy groups -OCH3 is 2. The van der Waals surface area contributed by atoms with E-state index in [4.69, 9.17) is 9.47 Å². The summed E-state index contributed by atoms with van der Waals surface area (Å²) in [4.78, 5) is 2.52. The molecule has 1 aliphatic rings. The number of hydrogen-bond donors (Lipinski definition) is 0. The fourth-order valence-electron chi connectivity index (χ4n) is 2.48. The van der Waals surface area contributed by atoms with Crippen molar-refractivity contribution in [2.24, 2.45) is 0 Å². The third-order valence-electron chi connectivity index (χ3n) is 3.68. The van der Waals surface area contributed by atoms with Gasteiger partial charge in [0.1, 0.15) is 0 Å². The summed E-state index contributed by atoms with van der Waals surface area (Å²) in [6.07, 6.45) is 4.76. The van der Waals surface area contributed by atoms with Crippen LogP contribution in [0.25, 0.3) is 0 Å². The Morgan fingerprint density at radius 3 is 2.33 bits per heavy atom. The molecule has 0 bridgehead atoms. The molecule has 1 unspecified atom stereocenters. The SMILES string of the molecule is COc1ccc(C(C)N2CC[CH]CC2)cc1OC. The van der Waals surface area contributed by atoms with E-state index in [0.717, 1.165) is 24.6 Å². The molecule has 1 saturated heterocycles. The van der Waals surface area contributed by atoms with E-state index in [2.05, 4.69) is 30.4 Å². The van der Waals surface area contributed by atoms with Crippen molar-refractivity contribution in [3.8, 4) is 11.5 Å². The van der Waals surface area contributed by atoms with E-state index in [-0.39, 0.29) is 0 Å². The van der Waals surface area contributed by atoms with Crippen molar-refractivity contribution >= 4 is 0 Å². The fraction of sp³-hybridized carbons (Fsp3) is 0.533. The maximum absolute atomic E-state index is 5.36. The van der Waals surface area contributed by atoms with E-state index < -0.39 is 0 Å². The van der Waals surface area contributed by atoms with Gasteiger partial charge in [-0.2, -0.15) is 0 Å². The van der Waals surface area contributed by atoms with E-state index in [1.54, 1.807) is 14.2 Å². The quantitative estimate of drug-likeness (QED) is 0.817. The summed E-state index contributed by atoms with van der Waals surface area (Å²) in [6.45, 7) is 4.55. The van der Waals surface area contributed by atoms with Crippen LogP contribution in [0, 0.1) is 6.42 Å². The molecule has 0 N–H and O–H groups in total. The van der Waals surface area contributed by atoms with Crippen LogP contribution in [-0.2, 0) is 0 Å². The van der Waals surface area contributed by atoms with Gasteiger partial charge in [-0.15, -0.1) is 0 Å². The zero-order chi connectivity index (χ0) is 13.0. The van der Waals surface area contributed by atoms with Crippen LogP contribution in [-0.4, -0.2) is 32.2 Å². The molecule has 0 spiro atoms. The number of benzene rings is 1. The van der Waals surface area contributed by atoms with Crippen LogP contribution >= 0.6 is 0 Å². The van der Waals surface area contributed by atoms with Gasteiger partial charge in [-0.25, -0.2) is 0 Å². The predicted molar refractivity (Wildman–Crippen MR) is 73.1 cm³/mol. The zero-order valence-electron chi connectivity index (χ0n) is 11.5. The topological polar surface area (TPSA) is 21.7 Å². The van der Waals surface area contributed by atoms with Crippen LogP contribution in [0.15, 0.2) is 18.2 Å². The Hall–Kier alpha value is -1.22.